The molecule has 3 aromatic carbocycles. The molecule has 0 saturated carbocycles. The van der Waals surface area contributed by atoms with Gasteiger partial charge in [-0.1, -0.05) is 58.5 Å². The number of halogens is 3. The number of benzene rings is 3. The van der Waals surface area contributed by atoms with Crippen molar-refractivity contribution in [3.63, 3.8) is 0 Å². The van der Waals surface area contributed by atoms with Gasteiger partial charge in [0.15, 0.2) is 0 Å². The molecule has 0 fully saturated rings. The predicted octanol–water partition coefficient (Wildman–Crippen LogP) is 6.62. The van der Waals surface area contributed by atoms with Gasteiger partial charge < -0.3 is 14.4 Å². The van der Waals surface area contributed by atoms with Crippen LogP contribution < -0.4 is 14.4 Å². The van der Waals surface area contributed by atoms with Gasteiger partial charge in [0.2, 0.25) is 0 Å². The summed E-state index contributed by atoms with van der Waals surface area (Å²) in [5.41, 5.74) is 0.982. The van der Waals surface area contributed by atoms with E-state index in [9.17, 15) is 0 Å². The third-order valence-corrected chi connectivity index (χ3v) is 4.99. The molecule has 0 spiro atoms. The van der Waals surface area contributed by atoms with Gasteiger partial charge in [-0.05, 0) is 72.8 Å². The molecule has 0 aliphatic carbocycles. The van der Waals surface area contributed by atoms with Crippen molar-refractivity contribution >= 4 is 40.5 Å². The molecule has 0 aliphatic heterocycles. The molecule has 32 heavy (non-hydrogen) atoms. The molecule has 3 aromatic rings. The zero-order valence-corrected chi connectivity index (χ0v) is 19.4. The van der Waals surface area contributed by atoms with Crippen molar-refractivity contribution in [2.45, 2.75) is 0 Å². The number of anilines is 1. The fourth-order valence-electron chi connectivity index (χ4n) is 2.60. The van der Waals surface area contributed by atoms with E-state index in [1.165, 1.54) is 0 Å². The molecule has 0 unspecified atom stereocenters. The van der Waals surface area contributed by atoms with Crippen molar-refractivity contribution in [1.29, 1.82) is 0 Å². The lowest BCUT2D eigenvalue weighted by Crippen LogP contribution is -2.24. The first-order chi connectivity index (χ1) is 15.6. The molecule has 0 radical (unpaired) electrons. The van der Waals surface area contributed by atoms with Crippen LogP contribution in [0, 0.1) is 23.7 Å². The first-order valence-electron chi connectivity index (χ1n) is 9.79. The zero-order chi connectivity index (χ0) is 22.6. The Hall–Kier alpha value is -2.95. The normalized spacial score (nSPS) is 9.72. The second-order valence-electron chi connectivity index (χ2n) is 6.52. The highest BCUT2D eigenvalue weighted by atomic mass is 35.5. The van der Waals surface area contributed by atoms with Crippen LogP contribution in [0.15, 0.2) is 72.8 Å². The molecular formula is C26H20Cl3NO2. The maximum Gasteiger partial charge on any atom is 0.149 e. The van der Waals surface area contributed by atoms with E-state index in [4.69, 9.17) is 44.3 Å². The Morgan fingerprint density at radius 3 is 1.31 bits per heavy atom. The van der Waals surface area contributed by atoms with Crippen LogP contribution in [0.5, 0.6) is 11.5 Å². The Morgan fingerprint density at radius 1 is 0.531 bits per heavy atom. The van der Waals surface area contributed by atoms with Gasteiger partial charge in [-0.25, -0.2) is 0 Å². The van der Waals surface area contributed by atoms with Gasteiger partial charge in [0, 0.05) is 20.8 Å². The van der Waals surface area contributed by atoms with E-state index in [1.54, 1.807) is 24.3 Å². The maximum atomic E-state index is 6.02. The Morgan fingerprint density at radius 2 is 0.906 bits per heavy atom. The lowest BCUT2D eigenvalue weighted by atomic mass is 10.3. The summed E-state index contributed by atoms with van der Waals surface area (Å²) in [4.78, 5) is 2.06. The SMILES string of the molecule is Clc1ccc(OCC#CCN(CC#CCOc2ccc(Cl)cc2)c2ccc(Cl)cc2)cc1. The lowest BCUT2D eigenvalue weighted by Gasteiger charge is -2.19. The number of nitrogens with zero attached hydrogens (tertiary/aromatic N) is 1. The number of ether oxygens (including phenoxy) is 2. The monoisotopic (exact) mass is 483 g/mol. The van der Waals surface area contributed by atoms with E-state index >= 15 is 0 Å². The Labute approximate surface area is 203 Å². The number of rotatable bonds is 7. The Kier molecular flexibility index (Phi) is 9.48. The van der Waals surface area contributed by atoms with Crippen LogP contribution in [0.3, 0.4) is 0 Å². The summed E-state index contributed by atoms with van der Waals surface area (Å²) >= 11 is 17.8. The van der Waals surface area contributed by atoms with Crippen LogP contribution in [0.2, 0.25) is 15.1 Å². The minimum atomic E-state index is 0.288. The molecule has 0 aliphatic rings. The van der Waals surface area contributed by atoms with E-state index in [0.29, 0.717) is 28.2 Å². The van der Waals surface area contributed by atoms with Crippen molar-refractivity contribution in [2.24, 2.45) is 0 Å². The summed E-state index contributed by atoms with van der Waals surface area (Å²) in [6, 6.07) is 21.9. The molecule has 162 valence electrons. The molecule has 3 rings (SSSR count). The van der Waals surface area contributed by atoms with Crippen LogP contribution in [0.4, 0.5) is 5.69 Å². The van der Waals surface area contributed by atoms with Crippen LogP contribution in [0.1, 0.15) is 0 Å². The molecule has 0 aromatic heterocycles. The highest BCUT2D eigenvalue weighted by Gasteiger charge is 2.03. The summed E-state index contributed by atoms with van der Waals surface area (Å²) in [7, 11) is 0. The second-order valence-corrected chi connectivity index (χ2v) is 7.83. The third kappa shape index (κ3) is 8.29. The molecule has 6 heteroatoms. The fourth-order valence-corrected chi connectivity index (χ4v) is 2.97. The summed E-state index contributed by atoms with van der Waals surface area (Å²) in [5, 5.41) is 2.02. The number of hydrogen-bond donors (Lipinski definition) is 0. The largest absolute Gasteiger partial charge is 0.481 e. The van der Waals surface area contributed by atoms with E-state index in [-0.39, 0.29) is 13.2 Å². The fraction of sp³-hybridized carbons (Fsp3) is 0.154. The topological polar surface area (TPSA) is 21.7 Å². The van der Waals surface area contributed by atoms with Gasteiger partial charge in [-0.15, -0.1) is 0 Å². The lowest BCUT2D eigenvalue weighted by molar-refractivity contribution is 0.370. The Bertz CT molecular complexity index is 1040. The molecule has 0 atom stereocenters. The minimum absolute atomic E-state index is 0.288. The maximum absolute atomic E-state index is 6.02. The molecule has 3 nitrogen and oxygen atoms in total. The first-order valence-corrected chi connectivity index (χ1v) is 10.9. The van der Waals surface area contributed by atoms with Crippen molar-refractivity contribution in [1.82, 2.24) is 0 Å². The van der Waals surface area contributed by atoms with Gasteiger partial charge in [-0.3, -0.25) is 0 Å². The smallest absolute Gasteiger partial charge is 0.149 e. The summed E-state index contributed by atoms with van der Waals surface area (Å²) in [6.07, 6.45) is 0. The molecule has 0 heterocycles. The van der Waals surface area contributed by atoms with Crippen LogP contribution in [0.25, 0.3) is 0 Å². The molecule has 0 amide bonds. The third-order valence-electron chi connectivity index (χ3n) is 4.23. The Balaban J connectivity index is 1.53. The standard InChI is InChI=1S/C26H20Cl3NO2/c27-21-5-11-24(12-6-21)30(17-1-3-19-31-25-13-7-22(28)8-14-25)18-2-4-20-32-26-15-9-23(29)10-16-26/h5-16H,17-20H2. The average molecular weight is 485 g/mol. The van der Waals surface area contributed by atoms with E-state index in [2.05, 4.69) is 28.6 Å². The first kappa shape index (κ1) is 23.7. The van der Waals surface area contributed by atoms with Crippen LogP contribution >= 0.6 is 34.8 Å². The average Bonchev–Trinajstić information content (AvgIpc) is 2.80. The highest BCUT2D eigenvalue weighted by molar-refractivity contribution is 6.31. The van der Waals surface area contributed by atoms with Gasteiger partial charge in [0.05, 0.1) is 13.1 Å². The molecule has 0 bridgehead atoms. The van der Waals surface area contributed by atoms with Crippen LogP contribution in [-0.4, -0.2) is 26.3 Å². The van der Waals surface area contributed by atoms with E-state index < -0.39 is 0 Å². The highest BCUT2D eigenvalue weighted by Crippen LogP contribution is 2.18. The quantitative estimate of drug-likeness (QED) is 0.352. The van der Waals surface area contributed by atoms with Crippen LogP contribution in [-0.2, 0) is 0 Å². The van der Waals surface area contributed by atoms with Crippen molar-refractivity contribution in [3.05, 3.63) is 87.9 Å². The van der Waals surface area contributed by atoms with Crippen molar-refractivity contribution in [3.8, 4) is 35.2 Å². The van der Waals surface area contributed by atoms with Crippen molar-refractivity contribution in [2.75, 3.05) is 31.2 Å². The molecule has 0 N–H and O–H groups in total. The molecule has 0 saturated heterocycles. The number of hydrogen-bond acceptors (Lipinski definition) is 3. The van der Waals surface area contributed by atoms with E-state index in [0.717, 1.165) is 17.2 Å². The summed E-state index contributed by atoms with van der Waals surface area (Å²) < 4.78 is 11.2. The summed E-state index contributed by atoms with van der Waals surface area (Å²) in [6.45, 7) is 1.57. The molecular weight excluding hydrogens is 465 g/mol. The minimum Gasteiger partial charge on any atom is -0.481 e. The summed E-state index contributed by atoms with van der Waals surface area (Å²) in [5.74, 6) is 13.8. The zero-order valence-electron chi connectivity index (χ0n) is 17.2. The van der Waals surface area contributed by atoms with Gasteiger partial charge in [0.25, 0.3) is 0 Å². The van der Waals surface area contributed by atoms with Crippen molar-refractivity contribution < 1.29 is 9.47 Å². The second kappa shape index (κ2) is 12.8. The predicted molar refractivity (Wildman–Crippen MR) is 133 cm³/mol. The van der Waals surface area contributed by atoms with Gasteiger partial charge in [0.1, 0.15) is 24.7 Å². The van der Waals surface area contributed by atoms with Gasteiger partial charge in [-0.2, -0.15) is 0 Å². The van der Waals surface area contributed by atoms with Gasteiger partial charge >= 0.3 is 0 Å². The van der Waals surface area contributed by atoms with E-state index in [1.807, 2.05) is 48.5 Å².